The molecule has 0 amide bonds. The number of imidazole rings is 1. The smallest absolute Gasteiger partial charge is 0.493 e. The van der Waals surface area contributed by atoms with E-state index < -0.39 is 31.8 Å². The molecule has 0 unspecified atom stereocenters. The van der Waals surface area contributed by atoms with Gasteiger partial charge in [-0.3, -0.25) is 9.55 Å². The van der Waals surface area contributed by atoms with E-state index in [2.05, 4.69) is 4.98 Å². The molecule has 2 heterocycles. The molecule has 0 saturated heterocycles. The summed E-state index contributed by atoms with van der Waals surface area (Å²) in [5.74, 6) is -0.0145. The molecule has 8 nitrogen and oxygen atoms in total. The van der Waals surface area contributed by atoms with Crippen molar-refractivity contribution in [1.82, 2.24) is 14.1 Å². The fraction of sp³-hybridized carbons (Fsp3) is 0.222. The molecule has 12 heteroatoms. The quantitative estimate of drug-likeness (QED) is 0.628. The van der Waals surface area contributed by atoms with Gasteiger partial charge < -0.3 is 9.84 Å². The van der Waals surface area contributed by atoms with Crippen LogP contribution in [0.5, 0.6) is 11.6 Å². The summed E-state index contributed by atoms with van der Waals surface area (Å²) in [7, 11) is -5.52. The second-order valence-corrected chi connectivity index (χ2v) is 8.03. The van der Waals surface area contributed by atoms with Crippen LogP contribution in [0.2, 0.25) is 0 Å². The van der Waals surface area contributed by atoms with Gasteiger partial charge in [0.15, 0.2) is 0 Å². The van der Waals surface area contributed by atoms with E-state index in [0.717, 1.165) is 35.0 Å². The molecule has 0 fully saturated rings. The number of alkyl halides is 3. The molecular formula is C18H16F3N3O5S. The minimum atomic E-state index is -5.52. The maximum atomic E-state index is 12.7. The van der Waals surface area contributed by atoms with Crippen molar-refractivity contribution in [1.29, 1.82) is 0 Å². The van der Waals surface area contributed by atoms with Gasteiger partial charge in [0.1, 0.15) is 5.75 Å². The zero-order valence-corrected chi connectivity index (χ0v) is 16.3. The summed E-state index contributed by atoms with van der Waals surface area (Å²) in [5.41, 5.74) is -5.51. The summed E-state index contributed by atoms with van der Waals surface area (Å²) in [6.45, 7) is 2.21. The Kier molecular flexibility index (Phi) is 5.61. The van der Waals surface area contributed by atoms with E-state index >= 15 is 0 Å². The third-order valence-corrected chi connectivity index (χ3v) is 5.66. The number of hydrogen-bond donors (Lipinski definition) is 1. The van der Waals surface area contributed by atoms with Crippen molar-refractivity contribution in [3.8, 4) is 17.3 Å². The summed E-state index contributed by atoms with van der Waals surface area (Å²) in [6, 6.07) is 5.09. The van der Waals surface area contributed by atoms with Crippen LogP contribution in [0.1, 0.15) is 12.5 Å². The Morgan fingerprint density at radius 1 is 1.17 bits per heavy atom. The number of aromatic hydroxyl groups is 1. The van der Waals surface area contributed by atoms with Crippen LogP contribution in [-0.2, 0) is 16.4 Å². The largest absolute Gasteiger partial charge is 0.501 e. The number of rotatable bonds is 6. The van der Waals surface area contributed by atoms with Crippen molar-refractivity contribution in [2.75, 3.05) is 6.61 Å². The minimum absolute atomic E-state index is 0.00265. The maximum absolute atomic E-state index is 12.7. The molecule has 0 bridgehead atoms. The predicted octanol–water partition coefficient (Wildman–Crippen LogP) is 2.48. The fourth-order valence-corrected chi connectivity index (χ4v) is 3.51. The molecule has 0 spiro atoms. The molecule has 0 saturated carbocycles. The number of aromatic nitrogens is 3. The highest BCUT2D eigenvalue weighted by Gasteiger charge is 2.46. The zero-order valence-electron chi connectivity index (χ0n) is 15.5. The molecular weight excluding hydrogens is 427 g/mol. The van der Waals surface area contributed by atoms with E-state index in [9.17, 15) is 31.5 Å². The van der Waals surface area contributed by atoms with Crippen LogP contribution in [-0.4, -0.2) is 39.8 Å². The molecule has 0 radical (unpaired) electrons. The number of benzene rings is 1. The van der Waals surface area contributed by atoms with E-state index in [1.165, 1.54) is 17.0 Å². The highest BCUT2D eigenvalue weighted by molar-refractivity contribution is 7.92. The molecule has 160 valence electrons. The summed E-state index contributed by atoms with van der Waals surface area (Å²) < 4.78 is 68.4. The third-order valence-electron chi connectivity index (χ3n) is 4.16. The Hall–Kier alpha value is -3.28. The van der Waals surface area contributed by atoms with Crippen LogP contribution in [0, 0.1) is 0 Å². The summed E-state index contributed by atoms with van der Waals surface area (Å²) in [5, 5.41) is 10.2. The Bertz CT molecular complexity index is 1220. The van der Waals surface area contributed by atoms with Crippen molar-refractivity contribution < 1.29 is 31.4 Å². The number of hydrogen-bond acceptors (Lipinski definition) is 6. The molecule has 0 atom stereocenters. The van der Waals surface area contributed by atoms with Crippen molar-refractivity contribution >= 4 is 9.84 Å². The first kappa shape index (κ1) is 21.4. The fourth-order valence-electron chi connectivity index (χ4n) is 2.75. The number of nitrogens with zero attached hydrogens (tertiary/aromatic N) is 3. The average molecular weight is 443 g/mol. The Balaban J connectivity index is 1.96. The molecule has 30 heavy (non-hydrogen) atoms. The monoisotopic (exact) mass is 443 g/mol. The Labute approximate surface area is 168 Å². The number of ether oxygens (including phenoxy) is 1. The van der Waals surface area contributed by atoms with Gasteiger partial charge >= 0.3 is 11.2 Å². The lowest BCUT2D eigenvalue weighted by Crippen LogP contribution is -2.24. The van der Waals surface area contributed by atoms with Crippen LogP contribution in [0.15, 0.2) is 58.6 Å². The van der Waals surface area contributed by atoms with Gasteiger partial charge in [-0.05, 0) is 37.3 Å². The third kappa shape index (κ3) is 3.90. The van der Waals surface area contributed by atoms with Crippen molar-refractivity contribution in [3.05, 3.63) is 65.0 Å². The van der Waals surface area contributed by atoms with E-state index in [4.69, 9.17) is 4.74 Å². The van der Waals surface area contributed by atoms with E-state index in [1.54, 1.807) is 13.0 Å². The summed E-state index contributed by atoms with van der Waals surface area (Å²) in [4.78, 5) is 15.7. The number of sulfone groups is 1. The van der Waals surface area contributed by atoms with E-state index in [-0.39, 0.29) is 12.2 Å². The lowest BCUT2D eigenvalue weighted by Gasteiger charge is -2.10. The average Bonchev–Trinajstić information content (AvgIpc) is 2.96. The lowest BCUT2D eigenvalue weighted by atomic mass is 10.2. The molecule has 2 aromatic heterocycles. The first-order chi connectivity index (χ1) is 14.1. The molecule has 0 aliphatic rings. The normalized spacial score (nSPS) is 12.1. The van der Waals surface area contributed by atoms with Gasteiger partial charge in [0.05, 0.1) is 36.1 Å². The molecule has 3 aromatic rings. The van der Waals surface area contributed by atoms with Crippen LogP contribution < -0.4 is 10.4 Å². The second kappa shape index (κ2) is 7.86. The van der Waals surface area contributed by atoms with E-state index in [1.807, 2.05) is 0 Å². The lowest BCUT2D eigenvalue weighted by molar-refractivity contribution is -0.0436. The highest BCUT2D eigenvalue weighted by atomic mass is 32.2. The molecule has 0 aliphatic carbocycles. The minimum Gasteiger partial charge on any atom is -0.493 e. The van der Waals surface area contributed by atoms with E-state index in [0.29, 0.717) is 17.9 Å². The van der Waals surface area contributed by atoms with Crippen molar-refractivity contribution in [3.63, 3.8) is 0 Å². The topological polar surface area (TPSA) is 103 Å². The second-order valence-electron chi connectivity index (χ2n) is 6.09. The molecule has 3 rings (SSSR count). The number of pyridine rings is 1. The van der Waals surface area contributed by atoms with Crippen LogP contribution >= 0.6 is 0 Å². The molecule has 1 N–H and O–H groups in total. The Morgan fingerprint density at radius 2 is 1.83 bits per heavy atom. The van der Waals surface area contributed by atoms with Gasteiger partial charge in [-0.1, -0.05) is 0 Å². The van der Waals surface area contributed by atoms with Crippen molar-refractivity contribution in [2.24, 2.45) is 0 Å². The standard InChI is InChI=1S/C18H16F3N3O5S/c1-2-29-15-9-22-8-7-12(15)10-23-11-16(25)24(17(23)26)13-3-5-14(6-4-13)30(27,28)18(19,20)21/h3-9,11,25H,2,10H2,1H3. The predicted molar refractivity (Wildman–Crippen MR) is 99.4 cm³/mol. The van der Waals surface area contributed by atoms with Gasteiger partial charge in [-0.15, -0.1) is 0 Å². The first-order valence-corrected chi connectivity index (χ1v) is 10.0. The number of halogens is 3. The molecule has 1 aromatic carbocycles. The van der Waals surface area contributed by atoms with Gasteiger partial charge in [0, 0.05) is 11.8 Å². The van der Waals surface area contributed by atoms with Gasteiger partial charge in [-0.2, -0.15) is 13.2 Å². The van der Waals surface area contributed by atoms with Crippen molar-refractivity contribution in [2.45, 2.75) is 23.9 Å². The SMILES string of the molecule is CCOc1cnccc1Cn1cc(O)n(-c2ccc(S(=O)(=O)C(F)(F)F)cc2)c1=O. The summed E-state index contributed by atoms with van der Waals surface area (Å²) >= 11 is 0. The first-order valence-electron chi connectivity index (χ1n) is 8.55. The van der Waals surface area contributed by atoms with Gasteiger partial charge in [0.2, 0.25) is 5.88 Å². The Morgan fingerprint density at radius 3 is 2.43 bits per heavy atom. The van der Waals surface area contributed by atoms with Gasteiger partial charge in [0.25, 0.3) is 9.84 Å². The highest BCUT2D eigenvalue weighted by Crippen LogP contribution is 2.30. The van der Waals surface area contributed by atoms with Crippen LogP contribution in [0.25, 0.3) is 5.69 Å². The van der Waals surface area contributed by atoms with Crippen LogP contribution in [0.3, 0.4) is 0 Å². The van der Waals surface area contributed by atoms with Crippen LogP contribution in [0.4, 0.5) is 13.2 Å². The molecule has 0 aliphatic heterocycles. The maximum Gasteiger partial charge on any atom is 0.501 e. The summed E-state index contributed by atoms with van der Waals surface area (Å²) in [6.07, 6.45) is 4.15. The van der Waals surface area contributed by atoms with Gasteiger partial charge in [-0.25, -0.2) is 17.8 Å². The zero-order chi connectivity index (χ0) is 22.1.